The molecule has 11 heteroatoms. The van der Waals surface area contributed by atoms with Crippen molar-refractivity contribution in [3.63, 3.8) is 0 Å². The number of piperazine rings is 1. The summed E-state index contributed by atoms with van der Waals surface area (Å²) in [6.07, 6.45) is 2.56. The summed E-state index contributed by atoms with van der Waals surface area (Å²) in [5.74, 6) is -0.176. The molecule has 2 saturated heterocycles. The van der Waals surface area contributed by atoms with Crippen LogP contribution in [0.1, 0.15) is 45.6 Å². The molecule has 0 saturated carbocycles. The van der Waals surface area contributed by atoms with E-state index in [1.807, 2.05) is 24.0 Å². The van der Waals surface area contributed by atoms with Crippen molar-refractivity contribution in [3.05, 3.63) is 34.9 Å². The molecule has 4 N–H and O–H groups in total. The highest BCUT2D eigenvalue weighted by atomic mass is 35.5. The molecular weight excluding hydrogens is 520 g/mol. The lowest BCUT2D eigenvalue weighted by Crippen LogP contribution is -2.62. The molecule has 39 heavy (non-hydrogen) atoms. The van der Waals surface area contributed by atoms with E-state index in [0.29, 0.717) is 69.1 Å². The van der Waals surface area contributed by atoms with Gasteiger partial charge in [0.15, 0.2) is 0 Å². The van der Waals surface area contributed by atoms with Crippen LogP contribution in [0.4, 0.5) is 0 Å². The SMILES string of the molecule is CCC(N)C(=O)N[C@H](Cc1ccc(Cl)cc1)C(=O)N1CCN(N(CC(C)C)C2CCN(C(=O)CO)CC2)CC1. The van der Waals surface area contributed by atoms with Crippen molar-refractivity contribution >= 4 is 29.3 Å². The summed E-state index contributed by atoms with van der Waals surface area (Å²) in [6.45, 7) is 10.5. The first-order chi connectivity index (χ1) is 18.6. The average molecular weight is 565 g/mol. The minimum Gasteiger partial charge on any atom is -0.387 e. The molecule has 3 amide bonds. The Labute approximate surface area is 237 Å². The van der Waals surface area contributed by atoms with Crippen LogP contribution in [0.3, 0.4) is 0 Å². The smallest absolute Gasteiger partial charge is 0.248 e. The maximum Gasteiger partial charge on any atom is 0.248 e. The van der Waals surface area contributed by atoms with Gasteiger partial charge in [-0.25, -0.2) is 10.0 Å². The molecule has 3 rings (SSSR count). The van der Waals surface area contributed by atoms with Crippen LogP contribution in [-0.2, 0) is 20.8 Å². The zero-order valence-electron chi connectivity index (χ0n) is 23.5. The Bertz CT molecular complexity index is 946. The maximum atomic E-state index is 13.7. The van der Waals surface area contributed by atoms with Gasteiger partial charge in [-0.2, -0.15) is 0 Å². The maximum absolute atomic E-state index is 13.7. The van der Waals surface area contributed by atoms with Gasteiger partial charge < -0.3 is 26.0 Å². The zero-order chi connectivity index (χ0) is 28.5. The monoisotopic (exact) mass is 564 g/mol. The molecule has 0 spiro atoms. The Balaban J connectivity index is 1.65. The Morgan fingerprint density at radius 3 is 2.21 bits per heavy atom. The van der Waals surface area contributed by atoms with E-state index in [1.54, 1.807) is 17.0 Å². The molecule has 2 aliphatic rings. The molecule has 0 radical (unpaired) electrons. The van der Waals surface area contributed by atoms with Crippen LogP contribution in [0.5, 0.6) is 0 Å². The number of nitrogens with zero attached hydrogens (tertiary/aromatic N) is 4. The van der Waals surface area contributed by atoms with Crippen LogP contribution in [0, 0.1) is 5.92 Å². The predicted octanol–water partition coefficient (Wildman–Crippen LogP) is 1.11. The number of amides is 3. The van der Waals surface area contributed by atoms with E-state index in [9.17, 15) is 19.5 Å². The van der Waals surface area contributed by atoms with Crippen molar-refractivity contribution in [2.75, 3.05) is 52.4 Å². The molecule has 2 aliphatic heterocycles. The molecule has 218 valence electrons. The van der Waals surface area contributed by atoms with E-state index in [1.165, 1.54) is 0 Å². The fourth-order valence-corrected chi connectivity index (χ4v) is 5.42. The van der Waals surface area contributed by atoms with Crippen LogP contribution < -0.4 is 11.1 Å². The van der Waals surface area contributed by atoms with Crippen LogP contribution in [0.2, 0.25) is 5.02 Å². The van der Waals surface area contributed by atoms with Gasteiger partial charge in [-0.05, 0) is 42.9 Å². The molecule has 1 unspecified atom stereocenters. The molecule has 2 heterocycles. The first kappa shape index (κ1) is 31.3. The molecule has 1 aromatic carbocycles. The second-order valence-corrected chi connectivity index (χ2v) is 11.4. The quantitative estimate of drug-likeness (QED) is 0.368. The summed E-state index contributed by atoms with van der Waals surface area (Å²) in [5, 5.41) is 17.5. The Morgan fingerprint density at radius 2 is 1.67 bits per heavy atom. The lowest BCUT2D eigenvalue weighted by molar-refractivity contribution is -0.146. The third-order valence-electron chi connectivity index (χ3n) is 7.60. The van der Waals surface area contributed by atoms with E-state index in [2.05, 4.69) is 29.2 Å². The summed E-state index contributed by atoms with van der Waals surface area (Å²) in [4.78, 5) is 41.8. The van der Waals surface area contributed by atoms with Crippen molar-refractivity contribution in [2.24, 2.45) is 11.7 Å². The number of hydrazine groups is 1. The second kappa shape index (κ2) is 14.9. The minimum absolute atomic E-state index is 0.104. The number of halogens is 1. The van der Waals surface area contributed by atoms with Crippen molar-refractivity contribution in [1.29, 1.82) is 0 Å². The number of nitrogens with one attached hydrogen (secondary N) is 1. The van der Waals surface area contributed by atoms with Crippen molar-refractivity contribution in [1.82, 2.24) is 25.1 Å². The highest BCUT2D eigenvalue weighted by Gasteiger charge is 2.34. The van der Waals surface area contributed by atoms with E-state index in [4.69, 9.17) is 17.3 Å². The van der Waals surface area contributed by atoms with E-state index >= 15 is 0 Å². The van der Waals surface area contributed by atoms with Gasteiger partial charge >= 0.3 is 0 Å². The highest BCUT2D eigenvalue weighted by molar-refractivity contribution is 6.30. The predicted molar refractivity (Wildman–Crippen MR) is 152 cm³/mol. The molecule has 0 bridgehead atoms. The minimum atomic E-state index is -0.706. The van der Waals surface area contributed by atoms with Crippen LogP contribution >= 0.6 is 11.6 Å². The van der Waals surface area contributed by atoms with Gasteiger partial charge in [-0.3, -0.25) is 14.4 Å². The van der Waals surface area contributed by atoms with Crippen LogP contribution in [0.25, 0.3) is 0 Å². The number of likely N-dealkylation sites (tertiary alicyclic amines) is 1. The number of carbonyl (C=O) groups excluding carboxylic acids is 3. The third-order valence-corrected chi connectivity index (χ3v) is 7.85. The fourth-order valence-electron chi connectivity index (χ4n) is 5.30. The zero-order valence-corrected chi connectivity index (χ0v) is 24.3. The Morgan fingerprint density at radius 1 is 1.05 bits per heavy atom. The summed E-state index contributed by atoms with van der Waals surface area (Å²) >= 11 is 6.03. The normalized spacial score (nSPS) is 18.9. The topological polar surface area (TPSA) is 122 Å². The lowest BCUT2D eigenvalue weighted by Gasteiger charge is -2.47. The molecule has 2 fully saturated rings. The largest absolute Gasteiger partial charge is 0.387 e. The van der Waals surface area contributed by atoms with Gasteiger partial charge in [0.2, 0.25) is 17.7 Å². The average Bonchev–Trinajstić information content (AvgIpc) is 2.95. The number of benzene rings is 1. The molecule has 0 aliphatic carbocycles. The summed E-state index contributed by atoms with van der Waals surface area (Å²) in [6, 6.07) is 6.25. The summed E-state index contributed by atoms with van der Waals surface area (Å²) in [7, 11) is 0. The third kappa shape index (κ3) is 8.88. The first-order valence-electron chi connectivity index (χ1n) is 14.1. The summed E-state index contributed by atoms with van der Waals surface area (Å²) in [5.41, 5.74) is 6.86. The number of nitrogens with two attached hydrogens (primary N) is 1. The fraction of sp³-hybridized carbons (Fsp3) is 0.679. The van der Waals surface area contributed by atoms with Gasteiger partial charge in [0.05, 0.1) is 6.04 Å². The number of aliphatic hydroxyl groups excluding tert-OH is 1. The van der Waals surface area contributed by atoms with Crippen molar-refractivity contribution < 1.29 is 19.5 Å². The number of carbonyl (C=O) groups is 3. The van der Waals surface area contributed by atoms with Crippen molar-refractivity contribution in [3.8, 4) is 0 Å². The first-order valence-corrected chi connectivity index (χ1v) is 14.5. The van der Waals surface area contributed by atoms with E-state index in [0.717, 1.165) is 24.9 Å². The molecule has 1 aromatic rings. The van der Waals surface area contributed by atoms with Gasteiger partial charge in [0.1, 0.15) is 12.6 Å². The highest BCUT2D eigenvalue weighted by Crippen LogP contribution is 2.22. The molecule has 0 aromatic heterocycles. The van der Waals surface area contributed by atoms with Gasteiger partial charge in [0.25, 0.3) is 0 Å². The van der Waals surface area contributed by atoms with Crippen LogP contribution in [-0.4, -0.2) is 113 Å². The molecular formula is C28H45ClN6O4. The van der Waals surface area contributed by atoms with E-state index in [-0.39, 0.29) is 17.7 Å². The van der Waals surface area contributed by atoms with Gasteiger partial charge in [-0.15, -0.1) is 0 Å². The van der Waals surface area contributed by atoms with E-state index < -0.39 is 18.7 Å². The van der Waals surface area contributed by atoms with Gasteiger partial charge in [0, 0.05) is 63.3 Å². The standard InChI is InChI=1S/C28H45ClN6O4/c1-4-24(30)27(38)31-25(17-21-5-7-22(29)8-6-21)28(39)33-13-15-34(16-14-33)35(18-20(2)3)23-9-11-32(12-10-23)26(37)19-36/h5-8,20,23-25,36H,4,9-19,30H2,1-3H3,(H,31,38)/t24?,25-/m1/s1. The summed E-state index contributed by atoms with van der Waals surface area (Å²) < 4.78 is 0. The van der Waals surface area contributed by atoms with Crippen molar-refractivity contribution in [2.45, 2.75) is 64.6 Å². The molecule has 10 nitrogen and oxygen atoms in total. The number of rotatable bonds is 11. The number of aliphatic hydroxyl groups is 1. The Hall–Kier alpha value is -2.24. The van der Waals surface area contributed by atoms with Crippen LogP contribution in [0.15, 0.2) is 24.3 Å². The molecule has 2 atom stereocenters. The second-order valence-electron chi connectivity index (χ2n) is 11.0. The Kier molecular flexibility index (Phi) is 12.0. The lowest BCUT2D eigenvalue weighted by atomic mass is 10.0. The number of hydrogen-bond acceptors (Lipinski definition) is 7. The number of hydrogen-bond donors (Lipinski definition) is 3. The number of piperidine rings is 1. The van der Waals surface area contributed by atoms with Gasteiger partial charge in [-0.1, -0.05) is 44.5 Å².